The maximum atomic E-state index is 11.4. The first kappa shape index (κ1) is 10.7. The van der Waals surface area contributed by atoms with Crippen molar-refractivity contribution in [2.75, 3.05) is 13.7 Å². The van der Waals surface area contributed by atoms with Crippen molar-refractivity contribution < 1.29 is 9.53 Å². The van der Waals surface area contributed by atoms with Crippen LogP contribution in [0.25, 0.3) is 0 Å². The van der Waals surface area contributed by atoms with E-state index in [4.69, 9.17) is 10.5 Å². The zero-order chi connectivity index (χ0) is 10.6. The van der Waals surface area contributed by atoms with Crippen LogP contribution in [0.1, 0.15) is 22.3 Å². The number of carbonyl (C=O) groups excluding carboxylic acids is 1. The average molecular weight is 194 g/mol. The topological polar surface area (TPSA) is 65.2 Å². The van der Waals surface area contributed by atoms with Gasteiger partial charge in [-0.1, -0.05) is 0 Å². The average Bonchev–Trinajstić information content (AvgIpc) is 2.18. The van der Waals surface area contributed by atoms with E-state index >= 15 is 0 Å². The second-order valence-corrected chi connectivity index (χ2v) is 3.01. The first-order valence-electron chi connectivity index (χ1n) is 4.43. The summed E-state index contributed by atoms with van der Waals surface area (Å²) in [5.41, 5.74) is 6.74. The minimum Gasteiger partial charge on any atom is -0.481 e. The highest BCUT2D eigenvalue weighted by Crippen LogP contribution is 2.15. The molecule has 0 atom stereocenters. The smallest absolute Gasteiger partial charge is 0.215 e. The number of aryl methyl sites for hydroxylation is 1. The van der Waals surface area contributed by atoms with Crippen LogP contribution in [-0.4, -0.2) is 24.4 Å². The summed E-state index contributed by atoms with van der Waals surface area (Å²) in [5, 5.41) is 0. The molecule has 76 valence electrons. The van der Waals surface area contributed by atoms with E-state index in [9.17, 15) is 4.79 Å². The van der Waals surface area contributed by atoms with Gasteiger partial charge in [-0.3, -0.25) is 4.79 Å². The molecule has 0 amide bonds. The number of methoxy groups -OCH3 is 1. The lowest BCUT2D eigenvalue weighted by Crippen LogP contribution is -2.08. The molecule has 2 N–H and O–H groups in total. The lowest BCUT2D eigenvalue weighted by molar-refractivity contribution is 0.0985. The zero-order valence-electron chi connectivity index (χ0n) is 8.41. The van der Waals surface area contributed by atoms with E-state index < -0.39 is 0 Å². The van der Waals surface area contributed by atoms with Gasteiger partial charge in [-0.25, -0.2) is 4.98 Å². The van der Waals surface area contributed by atoms with Crippen molar-refractivity contribution in [3.8, 4) is 5.88 Å². The Morgan fingerprint density at radius 3 is 2.86 bits per heavy atom. The fourth-order valence-corrected chi connectivity index (χ4v) is 1.20. The van der Waals surface area contributed by atoms with Crippen LogP contribution in [-0.2, 0) is 0 Å². The molecule has 0 aliphatic heterocycles. The van der Waals surface area contributed by atoms with Gasteiger partial charge in [-0.05, 0) is 19.5 Å². The maximum absolute atomic E-state index is 11.4. The number of nitrogens with two attached hydrogens (primary N) is 1. The minimum absolute atomic E-state index is 0.0192. The van der Waals surface area contributed by atoms with Gasteiger partial charge in [-0.2, -0.15) is 0 Å². The van der Waals surface area contributed by atoms with Gasteiger partial charge in [0.15, 0.2) is 5.78 Å². The zero-order valence-corrected chi connectivity index (χ0v) is 8.41. The molecule has 0 unspecified atom stereocenters. The van der Waals surface area contributed by atoms with Gasteiger partial charge in [0.2, 0.25) is 5.88 Å². The van der Waals surface area contributed by atoms with Crippen molar-refractivity contribution in [3.63, 3.8) is 0 Å². The van der Waals surface area contributed by atoms with E-state index in [1.54, 1.807) is 13.2 Å². The number of rotatable bonds is 4. The number of Topliss-reactive ketones (excluding diaryl/α,β-unsaturated/α-hetero) is 1. The van der Waals surface area contributed by atoms with Crippen molar-refractivity contribution >= 4 is 5.78 Å². The molecule has 1 aromatic rings. The van der Waals surface area contributed by atoms with Gasteiger partial charge in [0.25, 0.3) is 0 Å². The number of ether oxygens (including phenoxy) is 1. The molecule has 0 radical (unpaired) electrons. The van der Waals surface area contributed by atoms with Crippen LogP contribution >= 0.6 is 0 Å². The largest absolute Gasteiger partial charge is 0.481 e. The van der Waals surface area contributed by atoms with Gasteiger partial charge < -0.3 is 10.5 Å². The van der Waals surface area contributed by atoms with Crippen LogP contribution in [0, 0.1) is 6.92 Å². The van der Waals surface area contributed by atoms with Gasteiger partial charge in [-0.15, -0.1) is 0 Å². The van der Waals surface area contributed by atoms with Crippen molar-refractivity contribution in [3.05, 3.63) is 23.4 Å². The summed E-state index contributed by atoms with van der Waals surface area (Å²) >= 11 is 0. The summed E-state index contributed by atoms with van der Waals surface area (Å²) in [6.45, 7) is 2.22. The third-order valence-electron chi connectivity index (χ3n) is 1.92. The fraction of sp³-hybridized carbons (Fsp3) is 0.400. The van der Waals surface area contributed by atoms with E-state index in [0.717, 1.165) is 5.56 Å². The predicted octanol–water partition coefficient (Wildman–Crippen LogP) is 0.930. The molecule has 4 heteroatoms. The molecule has 0 aromatic carbocycles. The molecule has 1 aromatic heterocycles. The molecule has 0 fully saturated rings. The van der Waals surface area contributed by atoms with Crippen molar-refractivity contribution in [2.45, 2.75) is 13.3 Å². The Hall–Kier alpha value is -1.42. The number of aromatic nitrogens is 1. The molecule has 0 spiro atoms. The number of nitrogens with zero attached hydrogens (tertiary/aromatic N) is 1. The molecule has 4 nitrogen and oxygen atoms in total. The van der Waals surface area contributed by atoms with E-state index in [0.29, 0.717) is 24.4 Å². The Morgan fingerprint density at radius 2 is 2.36 bits per heavy atom. The van der Waals surface area contributed by atoms with Crippen LogP contribution < -0.4 is 10.5 Å². The molecule has 0 aliphatic rings. The molecule has 0 saturated carbocycles. The van der Waals surface area contributed by atoms with Crippen LogP contribution in [0.2, 0.25) is 0 Å². The van der Waals surface area contributed by atoms with Crippen molar-refractivity contribution in [2.24, 2.45) is 5.73 Å². The number of hydrogen-bond donors (Lipinski definition) is 1. The third kappa shape index (κ3) is 2.29. The highest BCUT2D eigenvalue weighted by Gasteiger charge is 2.07. The molecule has 0 saturated heterocycles. The van der Waals surface area contributed by atoms with Crippen LogP contribution in [0.4, 0.5) is 0 Å². The second-order valence-electron chi connectivity index (χ2n) is 3.01. The fourth-order valence-electron chi connectivity index (χ4n) is 1.20. The quantitative estimate of drug-likeness (QED) is 0.724. The van der Waals surface area contributed by atoms with Crippen molar-refractivity contribution in [1.29, 1.82) is 0 Å². The molecule has 0 bridgehead atoms. The molecule has 14 heavy (non-hydrogen) atoms. The van der Waals surface area contributed by atoms with E-state index in [1.165, 1.54) is 6.20 Å². The van der Waals surface area contributed by atoms with E-state index in [-0.39, 0.29) is 5.78 Å². The predicted molar refractivity (Wildman–Crippen MR) is 53.5 cm³/mol. The molecular weight excluding hydrogens is 180 g/mol. The summed E-state index contributed by atoms with van der Waals surface area (Å²) < 4.78 is 4.99. The molecular formula is C10H14N2O2. The standard InChI is InChI=1S/C10H14N2O2/c1-7-5-8(9(13)3-4-11)6-12-10(7)14-2/h5-6H,3-4,11H2,1-2H3. The molecule has 1 heterocycles. The molecule has 1 rings (SSSR count). The Bertz CT molecular complexity index is 337. The Balaban J connectivity index is 2.91. The Morgan fingerprint density at radius 1 is 1.64 bits per heavy atom. The number of ketones is 1. The summed E-state index contributed by atoms with van der Waals surface area (Å²) in [4.78, 5) is 15.5. The lowest BCUT2D eigenvalue weighted by atomic mass is 10.1. The second kappa shape index (κ2) is 4.72. The summed E-state index contributed by atoms with van der Waals surface area (Å²) in [6.07, 6.45) is 1.87. The highest BCUT2D eigenvalue weighted by molar-refractivity contribution is 5.96. The number of carbonyl (C=O) groups is 1. The number of pyridine rings is 1. The Labute approximate surface area is 83.1 Å². The first-order chi connectivity index (χ1) is 6.69. The van der Waals surface area contributed by atoms with Crippen LogP contribution in [0.5, 0.6) is 5.88 Å². The summed E-state index contributed by atoms with van der Waals surface area (Å²) in [5.74, 6) is 0.569. The SMILES string of the molecule is COc1ncc(C(=O)CCN)cc1C. The van der Waals surface area contributed by atoms with Gasteiger partial charge in [0.05, 0.1) is 7.11 Å². The number of hydrogen-bond acceptors (Lipinski definition) is 4. The normalized spacial score (nSPS) is 9.93. The summed E-state index contributed by atoms with van der Waals surface area (Å²) in [6, 6.07) is 1.77. The van der Waals surface area contributed by atoms with Crippen molar-refractivity contribution in [1.82, 2.24) is 4.98 Å². The van der Waals surface area contributed by atoms with Gasteiger partial charge in [0.1, 0.15) is 0 Å². The van der Waals surface area contributed by atoms with Crippen LogP contribution in [0.15, 0.2) is 12.3 Å². The van der Waals surface area contributed by atoms with Gasteiger partial charge in [0, 0.05) is 23.7 Å². The van der Waals surface area contributed by atoms with Crippen LogP contribution in [0.3, 0.4) is 0 Å². The first-order valence-corrected chi connectivity index (χ1v) is 4.43. The van der Waals surface area contributed by atoms with Gasteiger partial charge >= 0.3 is 0 Å². The monoisotopic (exact) mass is 194 g/mol. The third-order valence-corrected chi connectivity index (χ3v) is 1.92. The maximum Gasteiger partial charge on any atom is 0.215 e. The lowest BCUT2D eigenvalue weighted by Gasteiger charge is -2.04. The Kier molecular flexibility index (Phi) is 3.59. The summed E-state index contributed by atoms with van der Waals surface area (Å²) in [7, 11) is 1.55. The van der Waals surface area contributed by atoms with E-state index in [1.807, 2.05) is 6.92 Å². The highest BCUT2D eigenvalue weighted by atomic mass is 16.5. The minimum atomic E-state index is 0.0192. The molecule has 0 aliphatic carbocycles. The van der Waals surface area contributed by atoms with E-state index in [2.05, 4.69) is 4.98 Å².